The zero-order valence-electron chi connectivity index (χ0n) is 12.6. The molecule has 23 heavy (non-hydrogen) atoms. The summed E-state index contributed by atoms with van der Waals surface area (Å²) < 4.78 is 5.57. The molecule has 0 N–H and O–H groups in total. The van der Waals surface area contributed by atoms with Crippen LogP contribution in [0, 0.1) is 0 Å². The fraction of sp³-hybridized carbons (Fsp3) is 0.250. The first-order valence-corrected chi connectivity index (χ1v) is 7.29. The highest BCUT2D eigenvalue weighted by Crippen LogP contribution is 2.22. The second-order valence-electron chi connectivity index (χ2n) is 5.11. The lowest BCUT2D eigenvalue weighted by molar-refractivity contribution is -0.143. The summed E-state index contributed by atoms with van der Waals surface area (Å²) in [4.78, 5) is 41.7. The van der Waals surface area contributed by atoms with Gasteiger partial charge in [-0.2, -0.15) is 0 Å². The number of benzene rings is 1. The van der Waals surface area contributed by atoms with E-state index in [4.69, 9.17) is 4.42 Å². The number of carbonyl (C=O) groups is 3. The van der Waals surface area contributed by atoms with Crippen molar-refractivity contribution in [3.05, 3.63) is 42.4 Å². The maximum atomic E-state index is 12.1. The summed E-state index contributed by atoms with van der Waals surface area (Å²) in [5.41, 5.74) is 0.842. The molecule has 2 heterocycles. The Balaban J connectivity index is 1.78. The number of amides is 4. The Morgan fingerprint density at radius 2 is 1.74 bits per heavy atom. The minimum Gasteiger partial charge on any atom is -0.439 e. The van der Waals surface area contributed by atoms with E-state index in [9.17, 15) is 14.4 Å². The Labute approximate surface area is 132 Å². The molecule has 0 aliphatic carbocycles. The Kier molecular flexibility index (Phi) is 3.92. The summed E-state index contributed by atoms with van der Waals surface area (Å²) in [5.74, 6) is -0.900. The first kappa shape index (κ1) is 15.0. The van der Waals surface area contributed by atoms with Gasteiger partial charge in [-0.25, -0.2) is 14.7 Å². The summed E-state index contributed by atoms with van der Waals surface area (Å²) in [5, 5.41) is 0. The van der Waals surface area contributed by atoms with Crippen LogP contribution in [0.5, 0.6) is 0 Å². The molecule has 0 bridgehead atoms. The lowest BCUT2D eigenvalue weighted by Gasteiger charge is -2.13. The van der Waals surface area contributed by atoms with Crippen molar-refractivity contribution in [2.24, 2.45) is 0 Å². The Hall–Kier alpha value is -2.96. The van der Waals surface area contributed by atoms with Crippen LogP contribution in [0.4, 0.5) is 4.79 Å². The number of aromatic nitrogens is 1. The highest BCUT2D eigenvalue weighted by Gasteiger charge is 2.44. The van der Waals surface area contributed by atoms with Gasteiger partial charge in [0.1, 0.15) is 6.54 Å². The fourth-order valence-electron chi connectivity index (χ4n) is 2.37. The molecule has 4 amide bonds. The molecule has 1 aliphatic rings. The van der Waals surface area contributed by atoms with Crippen molar-refractivity contribution < 1.29 is 18.8 Å². The summed E-state index contributed by atoms with van der Waals surface area (Å²) in [6.45, 7) is 1.89. The SMILES string of the molecule is CCCN1C(=O)C(=O)N(Cc2ncc(-c3ccccc3)o2)C1=O. The lowest BCUT2D eigenvalue weighted by atomic mass is 10.2. The minimum absolute atomic E-state index is 0.156. The van der Waals surface area contributed by atoms with E-state index in [2.05, 4.69) is 4.98 Å². The van der Waals surface area contributed by atoms with Gasteiger partial charge in [0.2, 0.25) is 5.89 Å². The van der Waals surface area contributed by atoms with Gasteiger partial charge in [-0.3, -0.25) is 14.5 Å². The normalized spacial score (nSPS) is 14.9. The van der Waals surface area contributed by atoms with Crippen LogP contribution in [0.25, 0.3) is 11.3 Å². The molecule has 1 fully saturated rings. The van der Waals surface area contributed by atoms with Gasteiger partial charge in [0.25, 0.3) is 0 Å². The van der Waals surface area contributed by atoms with E-state index in [-0.39, 0.29) is 19.0 Å². The van der Waals surface area contributed by atoms with Crippen molar-refractivity contribution in [1.82, 2.24) is 14.8 Å². The average Bonchev–Trinajstić information content (AvgIpc) is 3.11. The molecule has 7 heteroatoms. The highest BCUT2D eigenvalue weighted by molar-refractivity contribution is 6.44. The molecular weight excluding hydrogens is 298 g/mol. The van der Waals surface area contributed by atoms with Crippen LogP contribution in [-0.4, -0.2) is 39.2 Å². The molecule has 1 aromatic heterocycles. The van der Waals surface area contributed by atoms with Crippen LogP contribution in [0.15, 0.2) is 40.9 Å². The molecule has 118 valence electrons. The maximum absolute atomic E-state index is 12.1. The maximum Gasteiger partial charge on any atom is 0.334 e. The number of urea groups is 1. The fourth-order valence-corrected chi connectivity index (χ4v) is 2.37. The van der Waals surface area contributed by atoms with Crippen molar-refractivity contribution in [3.63, 3.8) is 0 Å². The molecule has 3 rings (SSSR count). The number of nitrogens with zero attached hydrogens (tertiary/aromatic N) is 3. The third-order valence-corrected chi connectivity index (χ3v) is 3.49. The van der Waals surface area contributed by atoms with Crippen LogP contribution >= 0.6 is 0 Å². The number of hydrogen-bond acceptors (Lipinski definition) is 5. The van der Waals surface area contributed by atoms with E-state index < -0.39 is 17.8 Å². The average molecular weight is 313 g/mol. The second kappa shape index (κ2) is 6.04. The van der Waals surface area contributed by atoms with Crippen LogP contribution in [0.1, 0.15) is 19.2 Å². The molecule has 1 aromatic carbocycles. The standard InChI is InChI=1S/C16H15N3O4/c1-2-8-18-14(20)15(21)19(16(18)22)10-13-17-9-12(23-13)11-6-4-3-5-7-11/h3-7,9H,2,8,10H2,1H3. The zero-order chi connectivity index (χ0) is 16.4. The Morgan fingerprint density at radius 1 is 1.04 bits per heavy atom. The summed E-state index contributed by atoms with van der Waals surface area (Å²) in [7, 11) is 0. The first-order valence-electron chi connectivity index (χ1n) is 7.29. The van der Waals surface area contributed by atoms with Gasteiger partial charge in [0.05, 0.1) is 6.20 Å². The topological polar surface area (TPSA) is 83.7 Å². The van der Waals surface area contributed by atoms with Crippen LogP contribution in [0.3, 0.4) is 0 Å². The number of imide groups is 2. The molecule has 0 atom stereocenters. The van der Waals surface area contributed by atoms with Gasteiger partial charge in [-0.1, -0.05) is 37.3 Å². The predicted octanol–water partition coefficient (Wildman–Crippen LogP) is 2.04. The molecule has 1 aliphatic heterocycles. The van der Waals surface area contributed by atoms with Crippen LogP contribution in [0.2, 0.25) is 0 Å². The Morgan fingerprint density at radius 3 is 2.43 bits per heavy atom. The van der Waals surface area contributed by atoms with E-state index in [1.165, 1.54) is 6.20 Å². The van der Waals surface area contributed by atoms with Gasteiger partial charge in [0.15, 0.2) is 5.76 Å². The Bertz CT molecular complexity index is 754. The van der Waals surface area contributed by atoms with E-state index in [1.807, 2.05) is 37.3 Å². The number of hydrogen-bond donors (Lipinski definition) is 0. The highest BCUT2D eigenvalue weighted by atomic mass is 16.4. The van der Waals surface area contributed by atoms with Gasteiger partial charge in [-0.15, -0.1) is 0 Å². The van der Waals surface area contributed by atoms with Crippen LogP contribution in [-0.2, 0) is 16.1 Å². The quantitative estimate of drug-likeness (QED) is 0.623. The summed E-state index contributed by atoms with van der Waals surface area (Å²) in [6, 6.07) is 8.72. The van der Waals surface area contributed by atoms with Crippen molar-refractivity contribution in [1.29, 1.82) is 0 Å². The summed E-state index contributed by atoms with van der Waals surface area (Å²) in [6.07, 6.45) is 2.12. The minimum atomic E-state index is -0.845. The van der Waals surface area contributed by atoms with E-state index in [1.54, 1.807) is 0 Å². The van der Waals surface area contributed by atoms with E-state index in [0.29, 0.717) is 12.2 Å². The van der Waals surface area contributed by atoms with Crippen molar-refractivity contribution in [3.8, 4) is 11.3 Å². The molecular formula is C16H15N3O4. The van der Waals surface area contributed by atoms with Crippen LogP contribution < -0.4 is 0 Å². The molecule has 0 spiro atoms. The number of rotatable bonds is 5. The summed E-state index contributed by atoms with van der Waals surface area (Å²) >= 11 is 0. The molecule has 0 saturated carbocycles. The molecule has 2 aromatic rings. The molecule has 0 unspecified atom stereocenters. The lowest BCUT2D eigenvalue weighted by Crippen LogP contribution is -2.33. The second-order valence-corrected chi connectivity index (χ2v) is 5.11. The van der Waals surface area contributed by atoms with Crippen molar-refractivity contribution in [2.75, 3.05) is 6.54 Å². The third kappa shape index (κ3) is 2.73. The van der Waals surface area contributed by atoms with Gasteiger partial charge in [-0.05, 0) is 6.42 Å². The number of carbonyl (C=O) groups excluding carboxylic acids is 3. The van der Waals surface area contributed by atoms with E-state index >= 15 is 0 Å². The van der Waals surface area contributed by atoms with Gasteiger partial charge in [0, 0.05) is 12.1 Å². The molecule has 7 nitrogen and oxygen atoms in total. The largest absolute Gasteiger partial charge is 0.439 e. The number of oxazole rings is 1. The zero-order valence-corrected chi connectivity index (χ0v) is 12.6. The third-order valence-electron chi connectivity index (χ3n) is 3.49. The molecule has 1 saturated heterocycles. The van der Waals surface area contributed by atoms with Crippen molar-refractivity contribution >= 4 is 17.8 Å². The van der Waals surface area contributed by atoms with E-state index in [0.717, 1.165) is 15.4 Å². The van der Waals surface area contributed by atoms with Gasteiger partial charge >= 0.3 is 17.8 Å². The van der Waals surface area contributed by atoms with Crippen molar-refractivity contribution in [2.45, 2.75) is 19.9 Å². The smallest absolute Gasteiger partial charge is 0.334 e. The molecule has 0 radical (unpaired) electrons. The predicted molar refractivity (Wildman–Crippen MR) is 79.9 cm³/mol. The first-order chi connectivity index (χ1) is 11.1. The van der Waals surface area contributed by atoms with Gasteiger partial charge < -0.3 is 4.42 Å². The monoisotopic (exact) mass is 313 g/mol.